The number of nitrogens with zero attached hydrogens (tertiary/aromatic N) is 1. The zero-order valence-electron chi connectivity index (χ0n) is 16.7. The summed E-state index contributed by atoms with van der Waals surface area (Å²) in [6.07, 6.45) is -4.43. The van der Waals surface area contributed by atoms with Crippen LogP contribution in [-0.2, 0) is 12.7 Å². The van der Waals surface area contributed by atoms with Gasteiger partial charge in [-0.15, -0.1) is 0 Å². The van der Waals surface area contributed by atoms with E-state index in [1.54, 1.807) is 53.1 Å². The maximum atomic E-state index is 13.2. The molecule has 0 bridgehead atoms. The van der Waals surface area contributed by atoms with Crippen molar-refractivity contribution in [2.75, 3.05) is 11.1 Å². The lowest BCUT2D eigenvalue weighted by molar-refractivity contribution is -0.137. The van der Waals surface area contributed by atoms with Gasteiger partial charge in [-0.3, -0.25) is 4.79 Å². The van der Waals surface area contributed by atoms with Crippen molar-refractivity contribution >= 4 is 28.2 Å². The van der Waals surface area contributed by atoms with Crippen LogP contribution in [0.5, 0.6) is 0 Å². The molecule has 1 amide bonds. The third-order valence-electron chi connectivity index (χ3n) is 5.20. The molecule has 0 aliphatic heterocycles. The Bertz CT molecular complexity index is 1240. The lowest BCUT2D eigenvalue weighted by atomic mass is 10.1. The number of carbonyl (C=O) groups excluding carboxylic acids is 1. The van der Waals surface area contributed by atoms with Gasteiger partial charge in [0.1, 0.15) is 0 Å². The summed E-state index contributed by atoms with van der Waals surface area (Å²) in [7, 11) is 0. The summed E-state index contributed by atoms with van der Waals surface area (Å²) in [5.74, 6) is -0.227. The summed E-state index contributed by atoms with van der Waals surface area (Å²) in [5.41, 5.74) is 9.03. The average molecular weight is 423 g/mol. The van der Waals surface area contributed by atoms with Crippen molar-refractivity contribution in [1.29, 1.82) is 0 Å². The summed E-state index contributed by atoms with van der Waals surface area (Å²) < 4.78 is 41.3. The van der Waals surface area contributed by atoms with Gasteiger partial charge in [0.2, 0.25) is 0 Å². The number of amides is 1. The number of fused-ring (bicyclic) bond motifs is 1. The second kappa shape index (κ2) is 7.83. The smallest absolute Gasteiger partial charge is 0.396 e. The topological polar surface area (TPSA) is 60.0 Å². The fraction of sp³-hybridized carbons (Fsp3) is 0.125. The molecular weight excluding hydrogens is 403 g/mol. The van der Waals surface area contributed by atoms with E-state index in [0.717, 1.165) is 17.7 Å². The van der Waals surface area contributed by atoms with Gasteiger partial charge in [-0.25, -0.2) is 0 Å². The number of nitrogen functional groups attached to an aromatic ring is 1. The predicted molar refractivity (Wildman–Crippen MR) is 117 cm³/mol. The Labute approximate surface area is 177 Å². The van der Waals surface area contributed by atoms with Crippen LogP contribution >= 0.6 is 0 Å². The molecule has 4 aromatic rings. The molecule has 7 heteroatoms. The van der Waals surface area contributed by atoms with Crippen LogP contribution < -0.4 is 11.1 Å². The SMILES string of the molecule is CCn1c(-c2ccc(NC(=O)c3ccccc3)cc2)c(N)c2ccc(C(F)(F)F)cc21. The Morgan fingerprint density at radius 1 is 1.00 bits per heavy atom. The van der Waals surface area contributed by atoms with Crippen molar-refractivity contribution in [2.45, 2.75) is 19.6 Å². The van der Waals surface area contributed by atoms with E-state index in [1.165, 1.54) is 6.07 Å². The first-order valence-corrected chi connectivity index (χ1v) is 9.75. The van der Waals surface area contributed by atoms with Gasteiger partial charge in [0, 0.05) is 28.7 Å². The van der Waals surface area contributed by atoms with E-state index < -0.39 is 11.7 Å². The highest BCUT2D eigenvalue weighted by Crippen LogP contribution is 2.39. The van der Waals surface area contributed by atoms with Crippen molar-refractivity contribution in [3.05, 3.63) is 83.9 Å². The van der Waals surface area contributed by atoms with Crippen LogP contribution in [-0.4, -0.2) is 10.5 Å². The van der Waals surface area contributed by atoms with Gasteiger partial charge in [-0.2, -0.15) is 13.2 Å². The fourth-order valence-corrected chi connectivity index (χ4v) is 3.70. The lowest BCUT2D eigenvalue weighted by Crippen LogP contribution is -2.11. The largest absolute Gasteiger partial charge is 0.416 e. The first-order chi connectivity index (χ1) is 14.8. The Hall–Kier alpha value is -3.74. The molecule has 0 aliphatic rings. The van der Waals surface area contributed by atoms with Gasteiger partial charge in [0.15, 0.2) is 0 Å². The lowest BCUT2D eigenvalue weighted by Gasteiger charge is -2.11. The minimum Gasteiger partial charge on any atom is -0.396 e. The summed E-state index contributed by atoms with van der Waals surface area (Å²) in [6.45, 7) is 2.31. The molecule has 0 unspecified atom stereocenters. The predicted octanol–water partition coefficient (Wildman–Crippen LogP) is 6.18. The highest BCUT2D eigenvalue weighted by Gasteiger charge is 2.31. The quantitative estimate of drug-likeness (QED) is 0.412. The number of alkyl halides is 3. The molecule has 1 heterocycles. The molecule has 0 fully saturated rings. The first-order valence-electron chi connectivity index (χ1n) is 9.75. The van der Waals surface area contributed by atoms with Crippen LogP contribution in [0.3, 0.4) is 0 Å². The molecule has 4 rings (SSSR count). The third kappa shape index (κ3) is 3.86. The normalized spacial score (nSPS) is 11.6. The van der Waals surface area contributed by atoms with Gasteiger partial charge in [0.25, 0.3) is 5.91 Å². The van der Waals surface area contributed by atoms with Crippen molar-refractivity contribution < 1.29 is 18.0 Å². The number of nitrogens with one attached hydrogen (secondary N) is 1. The second-order valence-electron chi connectivity index (χ2n) is 7.13. The summed E-state index contributed by atoms with van der Waals surface area (Å²) in [4.78, 5) is 12.3. The fourth-order valence-electron chi connectivity index (χ4n) is 3.70. The molecule has 0 radical (unpaired) electrons. The van der Waals surface area contributed by atoms with Gasteiger partial charge >= 0.3 is 6.18 Å². The number of hydrogen-bond donors (Lipinski definition) is 2. The standard InChI is InChI=1S/C24H20F3N3O/c1-2-30-20-14-17(24(25,26)27)10-13-19(20)21(28)22(30)15-8-11-18(12-9-15)29-23(31)16-6-4-3-5-7-16/h3-14H,2,28H2,1H3,(H,29,31). The second-order valence-corrected chi connectivity index (χ2v) is 7.13. The Morgan fingerprint density at radius 3 is 2.29 bits per heavy atom. The summed E-state index contributed by atoms with van der Waals surface area (Å²) in [6, 6.07) is 19.5. The zero-order valence-corrected chi connectivity index (χ0v) is 16.7. The molecule has 158 valence electrons. The molecule has 1 aromatic heterocycles. The number of aryl methyl sites for hydroxylation is 1. The molecule has 0 atom stereocenters. The first kappa shape index (κ1) is 20.5. The van der Waals surface area contributed by atoms with Gasteiger partial charge < -0.3 is 15.6 Å². The molecule has 4 nitrogen and oxygen atoms in total. The van der Waals surface area contributed by atoms with E-state index >= 15 is 0 Å². The summed E-state index contributed by atoms with van der Waals surface area (Å²) >= 11 is 0. The van der Waals surface area contributed by atoms with Gasteiger partial charge in [-0.05, 0) is 43.3 Å². The Morgan fingerprint density at radius 2 is 1.68 bits per heavy atom. The van der Waals surface area contributed by atoms with Crippen LogP contribution in [0.25, 0.3) is 22.2 Å². The van der Waals surface area contributed by atoms with Crippen LogP contribution in [0.4, 0.5) is 24.5 Å². The number of aromatic nitrogens is 1. The van der Waals surface area contributed by atoms with Crippen molar-refractivity contribution in [1.82, 2.24) is 4.57 Å². The highest BCUT2D eigenvalue weighted by atomic mass is 19.4. The number of benzene rings is 3. The monoisotopic (exact) mass is 423 g/mol. The molecule has 0 spiro atoms. The van der Waals surface area contributed by atoms with Crippen LogP contribution in [0.1, 0.15) is 22.8 Å². The number of carbonyl (C=O) groups is 1. The molecule has 31 heavy (non-hydrogen) atoms. The maximum Gasteiger partial charge on any atom is 0.416 e. The number of hydrogen-bond acceptors (Lipinski definition) is 2. The molecular formula is C24H20F3N3O. The Kier molecular flexibility index (Phi) is 5.19. The summed E-state index contributed by atoms with van der Waals surface area (Å²) in [5, 5.41) is 3.40. The van der Waals surface area contributed by atoms with Crippen LogP contribution in [0.2, 0.25) is 0 Å². The molecule has 3 N–H and O–H groups in total. The van der Waals surface area contributed by atoms with E-state index in [-0.39, 0.29) is 5.91 Å². The molecule has 3 aromatic carbocycles. The van der Waals surface area contributed by atoms with Crippen molar-refractivity contribution in [3.63, 3.8) is 0 Å². The van der Waals surface area contributed by atoms with Crippen molar-refractivity contribution in [3.8, 4) is 11.3 Å². The minimum atomic E-state index is -4.43. The highest BCUT2D eigenvalue weighted by molar-refractivity contribution is 6.04. The van der Waals surface area contributed by atoms with E-state index in [1.807, 2.05) is 13.0 Å². The van der Waals surface area contributed by atoms with Gasteiger partial charge in [0.05, 0.1) is 22.5 Å². The average Bonchev–Trinajstić information content (AvgIpc) is 3.05. The molecule has 0 saturated carbocycles. The zero-order chi connectivity index (χ0) is 22.2. The minimum absolute atomic E-state index is 0.227. The Balaban J connectivity index is 1.70. The molecule has 0 saturated heterocycles. The van der Waals surface area contributed by atoms with E-state index in [2.05, 4.69) is 5.32 Å². The van der Waals surface area contributed by atoms with Crippen LogP contribution in [0, 0.1) is 0 Å². The number of nitrogens with two attached hydrogens (primary N) is 1. The van der Waals surface area contributed by atoms with Crippen LogP contribution in [0.15, 0.2) is 72.8 Å². The maximum absolute atomic E-state index is 13.2. The van der Waals surface area contributed by atoms with E-state index in [9.17, 15) is 18.0 Å². The van der Waals surface area contributed by atoms with Gasteiger partial charge in [-0.1, -0.05) is 36.4 Å². The number of rotatable bonds is 4. The van der Waals surface area contributed by atoms with Crippen molar-refractivity contribution in [2.24, 2.45) is 0 Å². The molecule has 0 aliphatic carbocycles. The van der Waals surface area contributed by atoms with E-state index in [0.29, 0.717) is 40.1 Å². The third-order valence-corrected chi connectivity index (χ3v) is 5.20. The number of halogens is 3. The number of anilines is 2. The van der Waals surface area contributed by atoms with E-state index in [4.69, 9.17) is 5.73 Å².